The Balaban J connectivity index is 1.60. The number of nitrogens with one attached hydrogen (secondary N) is 2. The molecule has 0 fully saturated rings. The molecule has 3 atom stereocenters. The number of aryl methyl sites for hydroxylation is 2. The minimum atomic E-state index is -4.51. The molecule has 46 heavy (non-hydrogen) atoms. The Bertz CT molecular complexity index is 1660. The first-order valence-electron chi connectivity index (χ1n) is 14.4. The third-order valence-corrected chi connectivity index (χ3v) is 9.79. The standard InChI is InChI=1S/C30H36F3N5O7S/c1-17-14-38(18(2)16-39)27(40)13-21-12-24(35-29(41)34-23-8-6-22(7-9-23)30(31,32)33)10-11-25(21)44-26(17)15-37(5)46(42,43)28-19(3)36-45-20(28)4/h6-12,17-18,26,39H,13-16H2,1-5H3,(H2,34,35,41)/t17-,18+,26+/m0/s1. The van der Waals surface area contributed by atoms with Gasteiger partial charge in [-0.3, -0.25) is 4.79 Å². The zero-order valence-corrected chi connectivity index (χ0v) is 26.7. The normalized spacial score (nSPS) is 18.2. The van der Waals surface area contributed by atoms with Crippen LogP contribution in [-0.4, -0.2) is 78.7 Å². The first-order chi connectivity index (χ1) is 21.5. The molecule has 16 heteroatoms. The summed E-state index contributed by atoms with van der Waals surface area (Å²) in [6.07, 6.45) is -5.41. The molecule has 1 aliphatic rings. The second-order valence-corrected chi connectivity index (χ2v) is 13.3. The van der Waals surface area contributed by atoms with Crippen molar-refractivity contribution < 1.29 is 45.5 Å². The number of carbonyl (C=O) groups is 2. The highest BCUT2D eigenvalue weighted by Gasteiger charge is 2.35. The summed E-state index contributed by atoms with van der Waals surface area (Å²) in [7, 11) is -2.61. The highest BCUT2D eigenvalue weighted by atomic mass is 32.2. The lowest BCUT2D eigenvalue weighted by Gasteiger charge is -2.33. The van der Waals surface area contributed by atoms with E-state index in [1.54, 1.807) is 13.0 Å². The maximum absolute atomic E-state index is 13.5. The molecular weight excluding hydrogens is 631 g/mol. The molecule has 0 radical (unpaired) electrons. The van der Waals surface area contributed by atoms with Gasteiger partial charge in [-0.25, -0.2) is 13.2 Å². The lowest BCUT2D eigenvalue weighted by Crippen LogP contribution is -2.48. The Kier molecular flexibility index (Phi) is 10.3. The molecule has 2 aromatic carbocycles. The van der Waals surface area contributed by atoms with Gasteiger partial charge in [0.15, 0.2) is 5.76 Å². The predicted molar refractivity (Wildman–Crippen MR) is 162 cm³/mol. The molecule has 0 saturated carbocycles. The van der Waals surface area contributed by atoms with Gasteiger partial charge in [0.2, 0.25) is 15.9 Å². The molecule has 0 unspecified atom stereocenters. The van der Waals surface area contributed by atoms with E-state index in [2.05, 4.69) is 15.8 Å². The molecule has 0 bridgehead atoms. The molecule has 3 amide bonds. The van der Waals surface area contributed by atoms with Crippen molar-refractivity contribution in [2.45, 2.75) is 57.3 Å². The predicted octanol–water partition coefficient (Wildman–Crippen LogP) is 4.42. The van der Waals surface area contributed by atoms with Gasteiger partial charge in [0.1, 0.15) is 22.4 Å². The van der Waals surface area contributed by atoms with E-state index in [4.69, 9.17) is 9.26 Å². The summed E-state index contributed by atoms with van der Waals surface area (Å²) in [5.74, 6) is -0.268. The smallest absolute Gasteiger partial charge is 0.416 e. The lowest BCUT2D eigenvalue weighted by molar-refractivity contribution is -0.137. The molecule has 0 spiro atoms. The number of anilines is 2. The average Bonchev–Trinajstić information content (AvgIpc) is 3.34. The van der Waals surface area contributed by atoms with Crippen molar-refractivity contribution in [3.63, 3.8) is 0 Å². The molecule has 1 aliphatic heterocycles. The van der Waals surface area contributed by atoms with E-state index in [1.807, 2.05) is 6.92 Å². The van der Waals surface area contributed by atoms with Crippen LogP contribution in [0, 0.1) is 19.8 Å². The van der Waals surface area contributed by atoms with Crippen LogP contribution in [0.25, 0.3) is 0 Å². The number of rotatable bonds is 8. The number of sulfonamides is 1. The zero-order valence-electron chi connectivity index (χ0n) is 25.9. The summed E-state index contributed by atoms with van der Waals surface area (Å²) in [4.78, 5) is 27.6. The maximum atomic E-state index is 13.5. The van der Waals surface area contributed by atoms with Crippen molar-refractivity contribution >= 4 is 33.3 Å². The highest BCUT2D eigenvalue weighted by molar-refractivity contribution is 7.89. The van der Waals surface area contributed by atoms with E-state index in [1.165, 1.54) is 37.9 Å². The fourth-order valence-electron chi connectivity index (χ4n) is 5.11. The Labute approximate surface area is 264 Å². The molecule has 0 aliphatic carbocycles. The summed E-state index contributed by atoms with van der Waals surface area (Å²) >= 11 is 0. The van der Waals surface area contributed by atoms with Crippen molar-refractivity contribution in [1.82, 2.24) is 14.4 Å². The fraction of sp³-hybridized carbons (Fsp3) is 0.433. The van der Waals surface area contributed by atoms with Crippen LogP contribution in [0.4, 0.5) is 29.3 Å². The van der Waals surface area contributed by atoms with E-state index in [0.717, 1.165) is 28.6 Å². The Morgan fingerprint density at radius 2 is 1.78 bits per heavy atom. The van der Waals surface area contributed by atoms with Gasteiger partial charge in [-0.2, -0.15) is 17.5 Å². The molecule has 250 valence electrons. The van der Waals surface area contributed by atoms with Gasteiger partial charge in [-0.15, -0.1) is 0 Å². The summed E-state index contributed by atoms with van der Waals surface area (Å²) in [5, 5.41) is 18.7. The van der Waals surface area contributed by atoms with Crippen molar-refractivity contribution in [2.24, 2.45) is 5.92 Å². The van der Waals surface area contributed by atoms with E-state index in [-0.39, 0.29) is 59.7 Å². The van der Waals surface area contributed by atoms with Crippen LogP contribution in [0.1, 0.15) is 36.4 Å². The van der Waals surface area contributed by atoms with Crippen LogP contribution < -0.4 is 15.4 Å². The van der Waals surface area contributed by atoms with Crippen LogP contribution in [0.15, 0.2) is 51.9 Å². The highest BCUT2D eigenvalue weighted by Crippen LogP contribution is 2.32. The van der Waals surface area contributed by atoms with Crippen LogP contribution >= 0.6 is 0 Å². The van der Waals surface area contributed by atoms with Gasteiger partial charge in [0, 0.05) is 36.4 Å². The largest absolute Gasteiger partial charge is 0.488 e. The number of urea groups is 1. The van der Waals surface area contributed by atoms with E-state index < -0.39 is 45.9 Å². The minimum Gasteiger partial charge on any atom is -0.488 e. The Hall–Kier alpha value is -4.15. The molecule has 3 N–H and O–H groups in total. The second kappa shape index (κ2) is 13.7. The second-order valence-electron chi connectivity index (χ2n) is 11.3. The van der Waals surface area contributed by atoms with E-state index in [9.17, 15) is 36.3 Å². The van der Waals surface area contributed by atoms with Gasteiger partial charge >= 0.3 is 12.2 Å². The number of halogens is 3. The number of ether oxygens (including phenoxy) is 1. The summed E-state index contributed by atoms with van der Waals surface area (Å²) in [5.41, 5.74) is 0.151. The van der Waals surface area contributed by atoms with E-state index >= 15 is 0 Å². The number of benzene rings is 2. The van der Waals surface area contributed by atoms with Gasteiger partial charge < -0.3 is 29.9 Å². The number of alkyl halides is 3. The number of nitrogens with zero attached hydrogens (tertiary/aromatic N) is 3. The molecule has 0 saturated heterocycles. The number of aromatic nitrogens is 1. The van der Waals surface area contributed by atoms with Crippen LogP contribution in [0.2, 0.25) is 0 Å². The summed E-state index contributed by atoms with van der Waals surface area (Å²) < 4.78 is 78.1. The molecule has 1 aromatic heterocycles. The van der Waals surface area contributed by atoms with Crippen molar-refractivity contribution in [1.29, 1.82) is 0 Å². The first-order valence-corrected chi connectivity index (χ1v) is 15.8. The third kappa shape index (κ3) is 7.79. The SMILES string of the molecule is Cc1noc(C)c1S(=O)(=O)N(C)C[C@H]1Oc2ccc(NC(=O)Nc3ccc(C(F)(F)F)cc3)cc2CC(=O)N([C@H](C)CO)C[C@@H]1C. The van der Waals surface area contributed by atoms with Crippen LogP contribution in [-0.2, 0) is 27.4 Å². The number of carbonyl (C=O) groups excluding carboxylic acids is 2. The Morgan fingerprint density at radius 1 is 1.15 bits per heavy atom. The number of aliphatic hydroxyl groups is 1. The number of hydrogen-bond acceptors (Lipinski definition) is 8. The third-order valence-electron chi connectivity index (χ3n) is 7.72. The number of amides is 3. The maximum Gasteiger partial charge on any atom is 0.416 e. The van der Waals surface area contributed by atoms with Crippen molar-refractivity contribution in [3.8, 4) is 5.75 Å². The Morgan fingerprint density at radius 3 is 2.37 bits per heavy atom. The number of aliphatic hydroxyl groups excluding tert-OH is 1. The lowest BCUT2D eigenvalue weighted by atomic mass is 10.0. The van der Waals surface area contributed by atoms with Crippen molar-refractivity contribution in [2.75, 3.05) is 37.4 Å². The quantitative estimate of drug-likeness (QED) is 0.319. The molecule has 3 aromatic rings. The molecular formula is C30H36F3N5O7S. The van der Waals surface area contributed by atoms with Gasteiger partial charge in [0.25, 0.3) is 0 Å². The van der Waals surface area contributed by atoms with Gasteiger partial charge in [-0.05, 0) is 63.2 Å². The molecule has 12 nitrogen and oxygen atoms in total. The summed E-state index contributed by atoms with van der Waals surface area (Å²) in [6, 6.07) is 7.26. The zero-order chi connectivity index (χ0) is 34.0. The van der Waals surface area contributed by atoms with Crippen LogP contribution in [0.3, 0.4) is 0 Å². The number of likely N-dealkylation sites (N-methyl/N-ethyl adjacent to an activating group) is 1. The molecule has 4 rings (SSSR count). The van der Waals surface area contributed by atoms with Gasteiger partial charge in [-0.1, -0.05) is 12.1 Å². The average molecular weight is 668 g/mol. The fourth-order valence-corrected chi connectivity index (χ4v) is 6.58. The minimum absolute atomic E-state index is 0.0397. The number of fused-ring (bicyclic) bond motifs is 1. The monoisotopic (exact) mass is 667 g/mol. The van der Waals surface area contributed by atoms with E-state index in [0.29, 0.717) is 11.3 Å². The first kappa shape index (κ1) is 34.7. The topological polar surface area (TPSA) is 154 Å². The summed E-state index contributed by atoms with van der Waals surface area (Å²) in [6.45, 7) is 6.31. The van der Waals surface area contributed by atoms with Crippen molar-refractivity contribution in [3.05, 3.63) is 65.0 Å². The molecule has 2 heterocycles. The van der Waals surface area contributed by atoms with Crippen LogP contribution in [0.5, 0.6) is 5.75 Å². The number of hydrogen-bond donors (Lipinski definition) is 3. The van der Waals surface area contributed by atoms with Gasteiger partial charge in [0.05, 0.1) is 31.2 Å².